The minimum atomic E-state index is -0.150. The molecule has 4 N–H and O–H groups in total. The number of rotatable bonds is 7. The molecular formula is C33H37N3O3S. The van der Waals surface area contributed by atoms with Gasteiger partial charge in [-0.2, -0.15) is 0 Å². The van der Waals surface area contributed by atoms with Crippen LogP contribution < -0.4 is 16.4 Å². The number of nitrogens with one attached hydrogen (secondary N) is 2. The van der Waals surface area contributed by atoms with Gasteiger partial charge in [0, 0.05) is 28.0 Å². The molecule has 2 amide bonds. The van der Waals surface area contributed by atoms with Crippen LogP contribution in [0.4, 0.5) is 5.69 Å². The topological polar surface area (TPSA) is 97.4 Å². The molecule has 40 heavy (non-hydrogen) atoms. The third-order valence-electron chi connectivity index (χ3n) is 8.65. The molecule has 2 aromatic carbocycles. The first-order valence-corrected chi connectivity index (χ1v) is 15.4. The Morgan fingerprint density at radius 2 is 1.52 bits per heavy atom. The van der Waals surface area contributed by atoms with Gasteiger partial charge in [0.15, 0.2) is 5.76 Å². The fraction of sp³-hybridized carbons (Fsp3) is 0.394. The number of nitrogens with two attached hydrogens (primary N) is 1. The molecule has 0 unspecified atom stereocenters. The second-order valence-electron chi connectivity index (χ2n) is 11.6. The fourth-order valence-corrected chi connectivity index (χ4v) is 7.27. The van der Waals surface area contributed by atoms with Gasteiger partial charge in [0.05, 0.1) is 4.88 Å². The fourth-order valence-electron chi connectivity index (χ4n) is 6.31. The summed E-state index contributed by atoms with van der Waals surface area (Å²) in [6.07, 6.45) is 10.7. The summed E-state index contributed by atoms with van der Waals surface area (Å²) < 4.78 is 7.01. The van der Waals surface area contributed by atoms with Crippen molar-refractivity contribution in [2.24, 2.45) is 17.6 Å². The van der Waals surface area contributed by atoms with Gasteiger partial charge in [-0.15, -0.1) is 11.3 Å². The lowest BCUT2D eigenvalue weighted by Crippen LogP contribution is -2.38. The van der Waals surface area contributed by atoms with E-state index in [9.17, 15) is 9.59 Å². The molecule has 0 aliphatic heterocycles. The Morgan fingerprint density at radius 1 is 0.825 bits per heavy atom. The summed E-state index contributed by atoms with van der Waals surface area (Å²) in [4.78, 5) is 26.3. The van der Waals surface area contributed by atoms with E-state index in [2.05, 4.69) is 10.6 Å². The molecule has 2 saturated carbocycles. The number of benzene rings is 2. The Kier molecular flexibility index (Phi) is 8.03. The van der Waals surface area contributed by atoms with Crippen molar-refractivity contribution in [2.45, 2.75) is 69.9 Å². The minimum absolute atomic E-state index is 0.126. The van der Waals surface area contributed by atoms with Crippen LogP contribution in [0.2, 0.25) is 0 Å². The summed E-state index contributed by atoms with van der Waals surface area (Å²) in [7, 11) is 0. The third-order valence-corrected chi connectivity index (χ3v) is 9.76. The second kappa shape index (κ2) is 12.0. The second-order valence-corrected chi connectivity index (χ2v) is 12.6. The predicted octanol–water partition coefficient (Wildman–Crippen LogP) is 7.61. The van der Waals surface area contributed by atoms with Gasteiger partial charge in [-0.25, -0.2) is 0 Å². The lowest BCUT2D eigenvalue weighted by molar-refractivity contribution is 0.0890. The van der Waals surface area contributed by atoms with Crippen LogP contribution in [0, 0.1) is 11.8 Å². The first-order chi connectivity index (χ1) is 19.5. The van der Waals surface area contributed by atoms with Crippen LogP contribution in [0.3, 0.4) is 0 Å². The molecule has 0 saturated heterocycles. The lowest BCUT2D eigenvalue weighted by atomic mass is 9.76. The SMILES string of the molecule is NC1CCC(CC2CCC(NC(=O)c3ccc(-c4ccc(NC(=O)c5cc6ccccc6s5)cc4)o3)CC2)CC1. The van der Waals surface area contributed by atoms with Crippen LogP contribution >= 0.6 is 11.3 Å². The number of anilines is 1. The lowest BCUT2D eigenvalue weighted by Gasteiger charge is -2.33. The number of thiophene rings is 1. The van der Waals surface area contributed by atoms with Crippen molar-refractivity contribution in [3.8, 4) is 11.3 Å². The standard InChI is InChI=1S/C33H37N3O3S/c34-25-11-5-21(6-12-25)19-22-7-13-26(14-8-22)35-32(37)29-18-17-28(39-29)23-9-15-27(16-10-23)36-33(38)31-20-24-3-1-2-4-30(24)40-31/h1-4,9-10,15-18,20-22,25-26H,5-8,11-14,19,34H2,(H,35,37)(H,36,38). The van der Waals surface area contributed by atoms with Gasteiger partial charge in [0.25, 0.3) is 11.8 Å². The number of carbonyl (C=O) groups is 2. The Hall–Kier alpha value is -3.42. The van der Waals surface area contributed by atoms with Crippen LogP contribution in [-0.2, 0) is 0 Å². The molecular weight excluding hydrogens is 518 g/mol. The Labute approximate surface area is 239 Å². The molecule has 0 spiro atoms. The minimum Gasteiger partial charge on any atom is -0.451 e. The molecule has 2 aliphatic carbocycles. The quantitative estimate of drug-likeness (QED) is 0.219. The third kappa shape index (κ3) is 6.31. The molecule has 0 radical (unpaired) electrons. The molecule has 2 aromatic heterocycles. The molecule has 6 rings (SSSR count). The van der Waals surface area contributed by atoms with Crippen LogP contribution in [-0.4, -0.2) is 23.9 Å². The van der Waals surface area contributed by atoms with Gasteiger partial charge in [0.1, 0.15) is 5.76 Å². The van der Waals surface area contributed by atoms with Crippen molar-refractivity contribution in [1.29, 1.82) is 0 Å². The Morgan fingerprint density at radius 3 is 2.25 bits per heavy atom. The summed E-state index contributed by atoms with van der Waals surface area (Å²) >= 11 is 1.48. The molecule has 6 nitrogen and oxygen atoms in total. The van der Waals surface area contributed by atoms with Crippen LogP contribution in [0.15, 0.2) is 71.1 Å². The molecule has 2 aliphatic rings. The molecule has 208 valence electrons. The van der Waals surface area contributed by atoms with Gasteiger partial charge in [-0.1, -0.05) is 18.2 Å². The van der Waals surface area contributed by atoms with Crippen molar-refractivity contribution in [1.82, 2.24) is 5.32 Å². The molecule has 2 heterocycles. The average molecular weight is 556 g/mol. The van der Waals surface area contributed by atoms with Crippen molar-refractivity contribution in [3.05, 3.63) is 77.4 Å². The van der Waals surface area contributed by atoms with E-state index in [-0.39, 0.29) is 17.9 Å². The number of hydrogen-bond donors (Lipinski definition) is 3. The molecule has 0 bridgehead atoms. The van der Waals surface area contributed by atoms with E-state index in [1.165, 1.54) is 56.3 Å². The van der Waals surface area contributed by atoms with E-state index in [4.69, 9.17) is 10.2 Å². The van der Waals surface area contributed by atoms with Crippen molar-refractivity contribution in [2.75, 3.05) is 5.32 Å². The average Bonchev–Trinajstić information content (AvgIpc) is 3.64. The first-order valence-electron chi connectivity index (χ1n) is 14.6. The monoisotopic (exact) mass is 555 g/mol. The highest BCUT2D eigenvalue weighted by atomic mass is 32.1. The van der Waals surface area contributed by atoms with Crippen LogP contribution in [0.1, 0.15) is 78.0 Å². The number of carbonyl (C=O) groups excluding carboxylic acids is 2. The van der Waals surface area contributed by atoms with Gasteiger partial charge in [-0.3, -0.25) is 9.59 Å². The normalized spacial score (nSPS) is 23.1. The molecule has 4 aromatic rings. The van der Waals surface area contributed by atoms with Crippen LogP contribution in [0.25, 0.3) is 21.4 Å². The highest BCUT2D eigenvalue weighted by molar-refractivity contribution is 7.20. The largest absolute Gasteiger partial charge is 0.451 e. The predicted molar refractivity (Wildman–Crippen MR) is 162 cm³/mol. The number of fused-ring (bicyclic) bond motifs is 1. The number of amides is 2. The van der Waals surface area contributed by atoms with E-state index >= 15 is 0 Å². The Bertz CT molecular complexity index is 1420. The van der Waals surface area contributed by atoms with Gasteiger partial charge in [0.2, 0.25) is 0 Å². The maximum atomic E-state index is 12.9. The smallest absolute Gasteiger partial charge is 0.287 e. The van der Waals surface area contributed by atoms with E-state index in [0.29, 0.717) is 28.1 Å². The maximum absolute atomic E-state index is 12.9. The summed E-state index contributed by atoms with van der Waals surface area (Å²) in [6, 6.07) is 21.6. The van der Waals surface area contributed by atoms with E-state index in [1.54, 1.807) is 6.07 Å². The van der Waals surface area contributed by atoms with Gasteiger partial charge in [-0.05, 0) is 124 Å². The summed E-state index contributed by atoms with van der Waals surface area (Å²) in [5.41, 5.74) is 7.62. The number of furan rings is 1. The summed E-state index contributed by atoms with van der Waals surface area (Å²) in [5.74, 6) is 2.30. The zero-order valence-electron chi connectivity index (χ0n) is 22.7. The van der Waals surface area contributed by atoms with Crippen molar-refractivity contribution >= 4 is 38.9 Å². The van der Waals surface area contributed by atoms with Crippen molar-refractivity contribution in [3.63, 3.8) is 0 Å². The Balaban J connectivity index is 0.989. The van der Waals surface area contributed by atoms with E-state index < -0.39 is 0 Å². The summed E-state index contributed by atoms with van der Waals surface area (Å²) in [5, 5.41) is 7.22. The molecule has 2 fully saturated rings. The van der Waals surface area contributed by atoms with Crippen molar-refractivity contribution < 1.29 is 14.0 Å². The van der Waals surface area contributed by atoms with E-state index in [0.717, 1.165) is 40.3 Å². The highest BCUT2D eigenvalue weighted by Crippen LogP contribution is 2.35. The van der Waals surface area contributed by atoms with Gasteiger partial charge < -0.3 is 20.8 Å². The highest BCUT2D eigenvalue weighted by Gasteiger charge is 2.27. The van der Waals surface area contributed by atoms with Crippen LogP contribution in [0.5, 0.6) is 0 Å². The zero-order chi connectivity index (χ0) is 27.5. The zero-order valence-corrected chi connectivity index (χ0v) is 23.6. The van der Waals surface area contributed by atoms with E-state index in [1.807, 2.05) is 60.7 Å². The molecule has 7 heteroatoms. The molecule has 0 atom stereocenters. The maximum Gasteiger partial charge on any atom is 0.287 e. The first kappa shape index (κ1) is 26.8. The summed E-state index contributed by atoms with van der Waals surface area (Å²) in [6.45, 7) is 0. The van der Waals surface area contributed by atoms with Gasteiger partial charge >= 0.3 is 0 Å². The number of hydrogen-bond acceptors (Lipinski definition) is 5.